The monoisotopic (exact) mass is 204 g/mol. The van der Waals surface area contributed by atoms with Crippen LogP contribution in [0, 0.1) is 0 Å². The summed E-state index contributed by atoms with van der Waals surface area (Å²) in [5, 5.41) is 12.1. The van der Waals surface area contributed by atoms with E-state index < -0.39 is 0 Å². The van der Waals surface area contributed by atoms with Crippen molar-refractivity contribution < 1.29 is 4.74 Å². The zero-order chi connectivity index (χ0) is 10.7. The Balaban J connectivity index is 2.28. The van der Waals surface area contributed by atoms with Crippen molar-refractivity contribution in [3.63, 3.8) is 0 Å². The number of ether oxygens (including phenoxy) is 1. The van der Waals surface area contributed by atoms with E-state index in [2.05, 4.69) is 15.4 Å². The van der Waals surface area contributed by atoms with Gasteiger partial charge in [0.15, 0.2) is 5.82 Å². The third-order valence-corrected chi connectivity index (χ3v) is 2.07. The lowest BCUT2D eigenvalue weighted by Gasteiger charge is -2.00. The van der Waals surface area contributed by atoms with Gasteiger partial charge < -0.3 is 4.74 Å². The quantitative estimate of drug-likeness (QED) is 0.754. The van der Waals surface area contributed by atoms with Crippen molar-refractivity contribution in [1.29, 1.82) is 0 Å². The molecule has 0 aliphatic rings. The lowest BCUT2D eigenvalue weighted by Crippen LogP contribution is -1.99. The fourth-order valence-corrected chi connectivity index (χ4v) is 1.21. The molecule has 0 unspecified atom stereocenters. The topological polar surface area (TPSA) is 52.8 Å². The maximum Gasteiger partial charge on any atom is 0.174 e. The predicted octanol–water partition coefficient (Wildman–Crippen LogP) is 1.23. The standard InChI is InChI=1S/C10H12N4O/c1-3-10-11-13-14(12-10)8-4-6-9(15-2)7-5-8/h4-7H,3H2,1-2H3. The van der Waals surface area contributed by atoms with Crippen LogP contribution in [0.1, 0.15) is 12.7 Å². The molecule has 5 nitrogen and oxygen atoms in total. The average Bonchev–Trinajstić information content (AvgIpc) is 2.78. The Hall–Kier alpha value is -1.91. The molecule has 0 amide bonds. The number of methoxy groups -OCH3 is 1. The van der Waals surface area contributed by atoms with Crippen LogP contribution in [0.4, 0.5) is 0 Å². The van der Waals surface area contributed by atoms with Crippen LogP contribution in [0.3, 0.4) is 0 Å². The van der Waals surface area contributed by atoms with E-state index in [0.29, 0.717) is 0 Å². The number of nitrogens with zero attached hydrogens (tertiary/aromatic N) is 4. The molecule has 0 aliphatic heterocycles. The van der Waals surface area contributed by atoms with Gasteiger partial charge in [0, 0.05) is 6.42 Å². The van der Waals surface area contributed by atoms with Crippen LogP contribution in [0.5, 0.6) is 5.75 Å². The average molecular weight is 204 g/mol. The fraction of sp³-hybridized carbons (Fsp3) is 0.300. The number of tetrazole rings is 1. The molecule has 0 saturated heterocycles. The molecule has 15 heavy (non-hydrogen) atoms. The van der Waals surface area contributed by atoms with E-state index >= 15 is 0 Å². The van der Waals surface area contributed by atoms with Crippen molar-refractivity contribution in [3.05, 3.63) is 30.1 Å². The Morgan fingerprint density at radius 3 is 2.53 bits per heavy atom. The zero-order valence-electron chi connectivity index (χ0n) is 8.71. The van der Waals surface area contributed by atoms with Crippen molar-refractivity contribution in [2.75, 3.05) is 7.11 Å². The summed E-state index contributed by atoms with van der Waals surface area (Å²) in [5.74, 6) is 1.56. The van der Waals surface area contributed by atoms with Crippen LogP contribution in [0.15, 0.2) is 24.3 Å². The predicted molar refractivity (Wildman–Crippen MR) is 55.1 cm³/mol. The van der Waals surface area contributed by atoms with Gasteiger partial charge in [0.2, 0.25) is 0 Å². The van der Waals surface area contributed by atoms with Gasteiger partial charge in [0.05, 0.1) is 12.8 Å². The molecule has 0 atom stereocenters. The number of benzene rings is 1. The molecule has 1 heterocycles. The van der Waals surface area contributed by atoms with E-state index in [9.17, 15) is 0 Å². The first kappa shape index (κ1) is 9.64. The van der Waals surface area contributed by atoms with Crippen LogP contribution in [-0.4, -0.2) is 27.3 Å². The van der Waals surface area contributed by atoms with Gasteiger partial charge in [0.1, 0.15) is 5.75 Å². The highest BCUT2D eigenvalue weighted by molar-refractivity contribution is 5.35. The van der Waals surface area contributed by atoms with Crippen molar-refractivity contribution in [3.8, 4) is 11.4 Å². The van der Waals surface area contributed by atoms with Crippen molar-refractivity contribution in [2.24, 2.45) is 0 Å². The van der Waals surface area contributed by atoms with Gasteiger partial charge in [-0.1, -0.05) is 6.92 Å². The highest BCUT2D eigenvalue weighted by Gasteiger charge is 2.02. The summed E-state index contributed by atoms with van der Waals surface area (Å²) in [4.78, 5) is 1.51. The van der Waals surface area contributed by atoms with Crippen molar-refractivity contribution in [2.45, 2.75) is 13.3 Å². The van der Waals surface area contributed by atoms with Crippen molar-refractivity contribution >= 4 is 0 Å². The molecule has 2 rings (SSSR count). The van der Waals surface area contributed by atoms with Crippen LogP contribution >= 0.6 is 0 Å². The van der Waals surface area contributed by atoms with Crippen LogP contribution in [0.25, 0.3) is 5.69 Å². The highest BCUT2D eigenvalue weighted by Crippen LogP contribution is 2.12. The second kappa shape index (κ2) is 4.08. The van der Waals surface area contributed by atoms with Crippen LogP contribution in [-0.2, 0) is 6.42 Å². The number of aromatic nitrogens is 4. The molecule has 0 bridgehead atoms. The van der Waals surface area contributed by atoms with Gasteiger partial charge in [-0.25, -0.2) is 0 Å². The Morgan fingerprint density at radius 1 is 1.27 bits per heavy atom. The number of hydrogen-bond acceptors (Lipinski definition) is 4. The van der Waals surface area contributed by atoms with Gasteiger partial charge in [-0.15, -0.1) is 15.0 Å². The van der Waals surface area contributed by atoms with E-state index in [0.717, 1.165) is 23.7 Å². The molecular formula is C10H12N4O. The summed E-state index contributed by atoms with van der Waals surface area (Å²) in [7, 11) is 1.64. The van der Waals surface area contributed by atoms with E-state index in [-0.39, 0.29) is 0 Å². The summed E-state index contributed by atoms with van der Waals surface area (Å²) in [6.07, 6.45) is 0.788. The smallest absolute Gasteiger partial charge is 0.174 e. The minimum absolute atomic E-state index is 0.741. The molecule has 78 valence electrons. The van der Waals surface area contributed by atoms with Gasteiger partial charge in [-0.05, 0) is 29.5 Å². The molecular weight excluding hydrogens is 192 g/mol. The summed E-state index contributed by atoms with van der Waals surface area (Å²) in [6, 6.07) is 7.51. The van der Waals surface area contributed by atoms with Crippen LogP contribution in [0.2, 0.25) is 0 Å². The van der Waals surface area contributed by atoms with Gasteiger partial charge >= 0.3 is 0 Å². The first-order chi connectivity index (χ1) is 7.33. The number of rotatable bonds is 3. The summed E-state index contributed by atoms with van der Waals surface area (Å²) in [5.41, 5.74) is 0.878. The second-order valence-electron chi connectivity index (χ2n) is 3.05. The Morgan fingerprint density at radius 2 is 2.00 bits per heavy atom. The molecule has 0 saturated carbocycles. The minimum Gasteiger partial charge on any atom is -0.497 e. The van der Waals surface area contributed by atoms with E-state index in [1.54, 1.807) is 7.11 Å². The summed E-state index contributed by atoms with van der Waals surface area (Å²) < 4.78 is 5.07. The fourth-order valence-electron chi connectivity index (χ4n) is 1.21. The Bertz CT molecular complexity index is 435. The van der Waals surface area contributed by atoms with Gasteiger partial charge in [-0.3, -0.25) is 0 Å². The Kier molecular flexibility index (Phi) is 2.62. The second-order valence-corrected chi connectivity index (χ2v) is 3.05. The Labute approximate surface area is 87.7 Å². The maximum absolute atomic E-state index is 5.07. The molecule has 0 spiro atoms. The van der Waals surface area contributed by atoms with E-state index in [4.69, 9.17) is 4.74 Å². The van der Waals surface area contributed by atoms with E-state index in [1.165, 1.54) is 4.80 Å². The number of hydrogen-bond donors (Lipinski definition) is 0. The minimum atomic E-state index is 0.741. The molecule has 1 aromatic carbocycles. The first-order valence-corrected chi connectivity index (χ1v) is 4.77. The normalized spacial score (nSPS) is 10.3. The summed E-state index contributed by atoms with van der Waals surface area (Å²) >= 11 is 0. The largest absolute Gasteiger partial charge is 0.497 e. The SMILES string of the molecule is CCc1nnn(-c2ccc(OC)cc2)n1. The molecule has 1 aromatic heterocycles. The first-order valence-electron chi connectivity index (χ1n) is 4.77. The van der Waals surface area contributed by atoms with Gasteiger partial charge in [-0.2, -0.15) is 0 Å². The third-order valence-electron chi connectivity index (χ3n) is 2.07. The molecule has 0 fully saturated rings. The lowest BCUT2D eigenvalue weighted by atomic mass is 10.3. The molecule has 0 aliphatic carbocycles. The lowest BCUT2D eigenvalue weighted by molar-refractivity contribution is 0.414. The molecule has 5 heteroatoms. The van der Waals surface area contributed by atoms with E-state index in [1.807, 2.05) is 31.2 Å². The number of aryl methyl sites for hydroxylation is 1. The van der Waals surface area contributed by atoms with Crippen molar-refractivity contribution in [1.82, 2.24) is 20.2 Å². The van der Waals surface area contributed by atoms with Crippen LogP contribution < -0.4 is 4.74 Å². The summed E-state index contributed by atoms with van der Waals surface area (Å²) in [6.45, 7) is 2.00. The maximum atomic E-state index is 5.07. The third kappa shape index (κ3) is 1.96. The zero-order valence-corrected chi connectivity index (χ0v) is 8.71. The highest BCUT2D eigenvalue weighted by atomic mass is 16.5. The molecule has 2 aromatic rings. The molecule has 0 radical (unpaired) electrons. The molecule has 0 N–H and O–H groups in total. The van der Waals surface area contributed by atoms with Gasteiger partial charge in [0.25, 0.3) is 0 Å².